The summed E-state index contributed by atoms with van der Waals surface area (Å²) in [6.07, 6.45) is 0. The number of rotatable bonds is 3. The molecule has 0 bridgehead atoms. The molecule has 25 heavy (non-hydrogen) atoms. The number of aromatic nitrogens is 2. The monoisotopic (exact) mass is 345 g/mol. The largest absolute Gasteiger partial charge is 0.338 e. The zero-order valence-corrected chi connectivity index (χ0v) is 14.5. The Morgan fingerprint density at radius 2 is 1.56 bits per heavy atom. The molecule has 4 heteroatoms. The first-order valence-corrected chi connectivity index (χ1v) is 8.43. The van der Waals surface area contributed by atoms with E-state index < -0.39 is 0 Å². The summed E-state index contributed by atoms with van der Waals surface area (Å²) in [5, 5.41) is 15.0. The van der Waals surface area contributed by atoms with E-state index in [-0.39, 0.29) is 0 Å². The smallest absolute Gasteiger partial charge is 0.161 e. The lowest BCUT2D eigenvalue weighted by Gasteiger charge is -2.11. The first-order valence-electron chi connectivity index (χ1n) is 8.06. The highest BCUT2D eigenvalue weighted by Crippen LogP contribution is 2.31. The van der Waals surface area contributed by atoms with Crippen molar-refractivity contribution in [2.45, 2.75) is 6.92 Å². The van der Waals surface area contributed by atoms with Gasteiger partial charge in [0.2, 0.25) is 0 Å². The van der Waals surface area contributed by atoms with Crippen LogP contribution in [0.3, 0.4) is 0 Å². The maximum atomic E-state index is 6.14. The van der Waals surface area contributed by atoms with E-state index in [0.717, 1.165) is 33.5 Å². The van der Waals surface area contributed by atoms with E-state index in [2.05, 4.69) is 46.7 Å². The molecule has 1 heterocycles. The summed E-state index contributed by atoms with van der Waals surface area (Å²) < 4.78 is 0. The summed E-state index contributed by atoms with van der Waals surface area (Å²) in [7, 11) is 0. The Balaban J connectivity index is 1.83. The number of halogens is 1. The standard InChI is InChI=1S/C21H16ClN3/c1-14-9-11-17(12-10-14)23-21-19-8-3-2-7-18(19)20(24-25-21)15-5-4-6-16(22)13-15/h2-13H,1H3,(H,23,25). The normalized spacial score (nSPS) is 10.8. The number of hydrogen-bond donors (Lipinski definition) is 1. The number of anilines is 2. The van der Waals surface area contributed by atoms with E-state index in [1.54, 1.807) is 0 Å². The van der Waals surface area contributed by atoms with Gasteiger partial charge in [-0.25, -0.2) is 0 Å². The second-order valence-electron chi connectivity index (χ2n) is 5.94. The van der Waals surface area contributed by atoms with Gasteiger partial charge in [0.05, 0.1) is 0 Å². The predicted octanol–water partition coefficient (Wildman–Crippen LogP) is 6.00. The average Bonchev–Trinajstić information content (AvgIpc) is 2.64. The van der Waals surface area contributed by atoms with Gasteiger partial charge in [-0.1, -0.05) is 65.7 Å². The molecule has 122 valence electrons. The minimum absolute atomic E-state index is 0.685. The van der Waals surface area contributed by atoms with Gasteiger partial charge in [-0.05, 0) is 31.2 Å². The van der Waals surface area contributed by atoms with Crippen molar-refractivity contribution < 1.29 is 0 Å². The van der Waals surface area contributed by atoms with Gasteiger partial charge < -0.3 is 5.32 Å². The topological polar surface area (TPSA) is 37.8 Å². The fourth-order valence-electron chi connectivity index (χ4n) is 2.82. The highest BCUT2D eigenvalue weighted by Gasteiger charge is 2.11. The Morgan fingerprint density at radius 3 is 2.32 bits per heavy atom. The fraction of sp³-hybridized carbons (Fsp3) is 0.0476. The zero-order chi connectivity index (χ0) is 17.2. The molecule has 0 saturated carbocycles. The molecule has 0 saturated heterocycles. The molecule has 0 radical (unpaired) electrons. The lowest BCUT2D eigenvalue weighted by Crippen LogP contribution is -1.99. The van der Waals surface area contributed by atoms with E-state index in [1.165, 1.54) is 5.56 Å². The summed E-state index contributed by atoms with van der Waals surface area (Å²) in [5.41, 5.74) is 3.99. The van der Waals surface area contributed by atoms with Crippen LogP contribution in [0.5, 0.6) is 0 Å². The van der Waals surface area contributed by atoms with Crippen LogP contribution < -0.4 is 5.32 Å². The third-order valence-electron chi connectivity index (χ3n) is 4.10. The number of nitrogens with one attached hydrogen (secondary N) is 1. The van der Waals surface area contributed by atoms with Gasteiger partial charge in [0, 0.05) is 27.0 Å². The first-order chi connectivity index (χ1) is 12.2. The molecule has 0 atom stereocenters. The molecule has 0 fully saturated rings. The Hall–Kier alpha value is -2.91. The maximum absolute atomic E-state index is 6.14. The molecule has 3 aromatic carbocycles. The van der Waals surface area contributed by atoms with Crippen LogP contribution in [0.2, 0.25) is 5.02 Å². The van der Waals surface area contributed by atoms with E-state index in [1.807, 2.05) is 48.5 Å². The number of aryl methyl sites for hydroxylation is 1. The van der Waals surface area contributed by atoms with Crippen molar-refractivity contribution >= 4 is 33.9 Å². The number of hydrogen-bond acceptors (Lipinski definition) is 3. The van der Waals surface area contributed by atoms with Crippen LogP contribution in [0.15, 0.2) is 72.8 Å². The molecule has 3 nitrogen and oxygen atoms in total. The van der Waals surface area contributed by atoms with Crippen LogP contribution in [0, 0.1) is 6.92 Å². The van der Waals surface area contributed by atoms with E-state index in [0.29, 0.717) is 5.02 Å². The fourth-order valence-corrected chi connectivity index (χ4v) is 3.01. The van der Waals surface area contributed by atoms with Crippen molar-refractivity contribution in [3.63, 3.8) is 0 Å². The quantitative estimate of drug-likeness (QED) is 0.494. The van der Waals surface area contributed by atoms with Crippen molar-refractivity contribution in [1.29, 1.82) is 0 Å². The summed E-state index contributed by atoms with van der Waals surface area (Å²) in [6.45, 7) is 2.07. The second-order valence-corrected chi connectivity index (χ2v) is 6.38. The molecule has 0 aliphatic heterocycles. The van der Waals surface area contributed by atoms with Crippen molar-refractivity contribution in [2.24, 2.45) is 0 Å². The van der Waals surface area contributed by atoms with Crippen LogP contribution in [-0.4, -0.2) is 10.2 Å². The molecule has 4 aromatic rings. The highest BCUT2D eigenvalue weighted by atomic mass is 35.5. The summed E-state index contributed by atoms with van der Waals surface area (Å²) in [6, 6.07) is 24.0. The summed E-state index contributed by atoms with van der Waals surface area (Å²) in [4.78, 5) is 0. The Kier molecular flexibility index (Phi) is 4.08. The highest BCUT2D eigenvalue weighted by molar-refractivity contribution is 6.30. The lowest BCUT2D eigenvalue weighted by atomic mass is 10.0. The molecule has 0 aliphatic rings. The van der Waals surface area contributed by atoms with Crippen LogP contribution in [-0.2, 0) is 0 Å². The van der Waals surface area contributed by atoms with Gasteiger partial charge in [0.1, 0.15) is 5.69 Å². The van der Waals surface area contributed by atoms with Crippen LogP contribution >= 0.6 is 11.6 Å². The van der Waals surface area contributed by atoms with Gasteiger partial charge in [-0.2, -0.15) is 0 Å². The zero-order valence-electron chi connectivity index (χ0n) is 13.7. The van der Waals surface area contributed by atoms with E-state index in [9.17, 15) is 0 Å². The minimum Gasteiger partial charge on any atom is -0.338 e. The van der Waals surface area contributed by atoms with Crippen molar-refractivity contribution in [1.82, 2.24) is 10.2 Å². The van der Waals surface area contributed by atoms with Crippen molar-refractivity contribution in [2.75, 3.05) is 5.32 Å². The molecule has 0 amide bonds. The number of nitrogens with zero attached hydrogens (tertiary/aromatic N) is 2. The number of fused-ring (bicyclic) bond motifs is 1. The SMILES string of the molecule is Cc1ccc(Nc2nnc(-c3cccc(Cl)c3)c3ccccc23)cc1. The third-order valence-corrected chi connectivity index (χ3v) is 4.33. The summed E-state index contributed by atoms with van der Waals surface area (Å²) >= 11 is 6.14. The van der Waals surface area contributed by atoms with Gasteiger partial charge in [-0.15, -0.1) is 10.2 Å². The molecule has 0 aliphatic carbocycles. The van der Waals surface area contributed by atoms with Gasteiger partial charge >= 0.3 is 0 Å². The molecule has 1 N–H and O–H groups in total. The molecule has 4 rings (SSSR count). The average molecular weight is 346 g/mol. The minimum atomic E-state index is 0.685. The second kappa shape index (κ2) is 6.54. The van der Waals surface area contributed by atoms with Crippen molar-refractivity contribution in [3.05, 3.63) is 83.4 Å². The van der Waals surface area contributed by atoms with Gasteiger partial charge in [0.25, 0.3) is 0 Å². The molecular formula is C21H16ClN3. The van der Waals surface area contributed by atoms with Crippen molar-refractivity contribution in [3.8, 4) is 11.3 Å². The summed E-state index contributed by atoms with van der Waals surface area (Å²) in [5.74, 6) is 0.741. The van der Waals surface area contributed by atoms with Crippen LogP contribution in [0.4, 0.5) is 11.5 Å². The molecular weight excluding hydrogens is 330 g/mol. The van der Waals surface area contributed by atoms with Gasteiger partial charge in [0.15, 0.2) is 5.82 Å². The molecule has 0 spiro atoms. The van der Waals surface area contributed by atoms with E-state index in [4.69, 9.17) is 11.6 Å². The maximum Gasteiger partial charge on any atom is 0.161 e. The first kappa shape index (κ1) is 15.6. The predicted molar refractivity (Wildman–Crippen MR) is 104 cm³/mol. The lowest BCUT2D eigenvalue weighted by molar-refractivity contribution is 1.06. The van der Waals surface area contributed by atoms with E-state index >= 15 is 0 Å². The number of benzene rings is 3. The Labute approximate surface area is 151 Å². The molecule has 1 aromatic heterocycles. The van der Waals surface area contributed by atoms with Gasteiger partial charge in [-0.3, -0.25) is 0 Å². The third kappa shape index (κ3) is 3.19. The molecule has 0 unspecified atom stereocenters. The Morgan fingerprint density at radius 1 is 0.800 bits per heavy atom. The van der Waals surface area contributed by atoms with Crippen LogP contribution in [0.25, 0.3) is 22.0 Å². The van der Waals surface area contributed by atoms with Crippen LogP contribution in [0.1, 0.15) is 5.56 Å². The Bertz CT molecular complexity index is 1040.